The molecule has 1 aliphatic carbocycles. The van der Waals surface area contributed by atoms with Gasteiger partial charge in [0.2, 0.25) is 0 Å². The highest BCUT2D eigenvalue weighted by Crippen LogP contribution is 2.32. The highest BCUT2D eigenvalue weighted by molar-refractivity contribution is 6.30. The molecule has 1 N–H and O–H groups in total. The van der Waals surface area contributed by atoms with Crippen LogP contribution in [0.2, 0.25) is 5.02 Å². The lowest BCUT2D eigenvalue weighted by Crippen LogP contribution is -2.25. The van der Waals surface area contributed by atoms with Crippen LogP contribution in [0.15, 0.2) is 23.0 Å². The second-order valence-corrected chi connectivity index (χ2v) is 5.14. The van der Waals surface area contributed by atoms with E-state index < -0.39 is 5.97 Å². The van der Waals surface area contributed by atoms with E-state index in [4.69, 9.17) is 16.7 Å². The Bertz CT molecular complexity index is 733. The van der Waals surface area contributed by atoms with Crippen molar-refractivity contribution < 1.29 is 9.90 Å². The van der Waals surface area contributed by atoms with Gasteiger partial charge in [-0.25, -0.2) is 9.59 Å². The molecule has 3 rings (SSSR count). The minimum Gasteiger partial charge on any atom is -0.478 e. The summed E-state index contributed by atoms with van der Waals surface area (Å²) in [5.74, 6) is -1.07. The third-order valence-corrected chi connectivity index (χ3v) is 3.41. The monoisotopic (exact) mass is 294 g/mol. The second kappa shape index (κ2) is 4.75. The van der Waals surface area contributed by atoms with Crippen LogP contribution in [0.5, 0.6) is 0 Å². The maximum Gasteiger partial charge on any atom is 0.364 e. The molecule has 0 unspecified atom stereocenters. The van der Waals surface area contributed by atoms with E-state index in [-0.39, 0.29) is 23.8 Å². The first-order valence-electron chi connectivity index (χ1n) is 6.10. The van der Waals surface area contributed by atoms with Crippen molar-refractivity contribution in [2.45, 2.75) is 25.4 Å². The van der Waals surface area contributed by atoms with Crippen LogP contribution in [0.4, 0.5) is 0 Å². The topological polar surface area (TPSA) is 90.0 Å². The van der Waals surface area contributed by atoms with Crippen LogP contribution in [-0.2, 0) is 6.54 Å². The fourth-order valence-electron chi connectivity index (χ4n) is 2.00. The number of carbonyl (C=O) groups is 1. The Morgan fingerprint density at radius 2 is 2.15 bits per heavy atom. The molecule has 0 saturated heterocycles. The molecule has 0 bridgehead atoms. The van der Waals surface area contributed by atoms with Crippen LogP contribution >= 0.6 is 11.6 Å². The molecule has 104 valence electrons. The number of carboxylic acid groups (broad SMARTS) is 1. The number of nitrogens with zero attached hydrogens (tertiary/aromatic N) is 4. The molecule has 0 atom stereocenters. The summed E-state index contributed by atoms with van der Waals surface area (Å²) in [5.41, 5.74) is 0.195. The van der Waals surface area contributed by atoms with E-state index in [2.05, 4.69) is 10.4 Å². The van der Waals surface area contributed by atoms with Crippen molar-refractivity contribution in [1.82, 2.24) is 19.8 Å². The number of hydrogen-bond donors (Lipinski definition) is 1. The van der Waals surface area contributed by atoms with E-state index in [1.807, 2.05) is 0 Å². The summed E-state index contributed by atoms with van der Waals surface area (Å²) in [6.07, 6.45) is 1.85. The van der Waals surface area contributed by atoms with E-state index >= 15 is 0 Å². The number of tetrazole rings is 1. The first-order valence-corrected chi connectivity index (χ1v) is 6.48. The summed E-state index contributed by atoms with van der Waals surface area (Å²) in [7, 11) is 0. The van der Waals surface area contributed by atoms with Gasteiger partial charge in [-0.05, 0) is 47.0 Å². The quantitative estimate of drug-likeness (QED) is 0.914. The molecular weight excluding hydrogens is 284 g/mol. The Balaban J connectivity index is 1.96. The van der Waals surface area contributed by atoms with Gasteiger partial charge in [0.05, 0.1) is 18.2 Å². The number of halogens is 1. The van der Waals surface area contributed by atoms with E-state index in [1.54, 1.807) is 0 Å². The van der Waals surface area contributed by atoms with Gasteiger partial charge in [-0.2, -0.15) is 9.36 Å². The summed E-state index contributed by atoms with van der Waals surface area (Å²) in [4.78, 5) is 23.2. The van der Waals surface area contributed by atoms with Crippen LogP contribution in [0.3, 0.4) is 0 Å². The molecule has 1 aromatic heterocycles. The van der Waals surface area contributed by atoms with Crippen LogP contribution in [-0.4, -0.2) is 30.9 Å². The molecule has 1 heterocycles. The number of hydrogen-bond acceptors (Lipinski definition) is 4. The Morgan fingerprint density at radius 1 is 1.40 bits per heavy atom. The smallest absolute Gasteiger partial charge is 0.364 e. The molecule has 0 amide bonds. The van der Waals surface area contributed by atoms with Crippen LogP contribution in [0, 0.1) is 0 Å². The van der Waals surface area contributed by atoms with Gasteiger partial charge >= 0.3 is 11.7 Å². The van der Waals surface area contributed by atoms with Crippen molar-refractivity contribution in [1.29, 1.82) is 0 Å². The molecule has 1 aliphatic rings. The minimum atomic E-state index is -1.07. The van der Waals surface area contributed by atoms with Crippen LogP contribution in [0.25, 0.3) is 0 Å². The molecule has 20 heavy (non-hydrogen) atoms. The van der Waals surface area contributed by atoms with Gasteiger partial charge in [0.25, 0.3) is 0 Å². The van der Waals surface area contributed by atoms with Crippen LogP contribution < -0.4 is 5.69 Å². The Morgan fingerprint density at radius 3 is 2.80 bits per heavy atom. The van der Waals surface area contributed by atoms with Gasteiger partial charge in [-0.3, -0.25) is 0 Å². The first-order chi connectivity index (χ1) is 9.56. The van der Waals surface area contributed by atoms with E-state index in [9.17, 15) is 9.59 Å². The highest BCUT2D eigenvalue weighted by Gasteiger charge is 2.28. The van der Waals surface area contributed by atoms with Gasteiger partial charge in [0, 0.05) is 5.02 Å². The number of benzene rings is 1. The zero-order chi connectivity index (χ0) is 14.3. The molecule has 1 aromatic carbocycles. The molecule has 0 radical (unpaired) electrons. The van der Waals surface area contributed by atoms with Crippen molar-refractivity contribution >= 4 is 17.6 Å². The summed E-state index contributed by atoms with van der Waals surface area (Å²) >= 11 is 5.87. The lowest BCUT2D eigenvalue weighted by Gasteiger charge is -2.05. The van der Waals surface area contributed by atoms with Gasteiger partial charge in [0.15, 0.2) is 0 Å². The van der Waals surface area contributed by atoms with Gasteiger partial charge < -0.3 is 5.11 Å². The number of aromatic carboxylic acids is 1. The highest BCUT2D eigenvalue weighted by atomic mass is 35.5. The van der Waals surface area contributed by atoms with E-state index in [0.717, 1.165) is 17.5 Å². The van der Waals surface area contributed by atoms with E-state index in [0.29, 0.717) is 10.6 Å². The van der Waals surface area contributed by atoms with Crippen molar-refractivity contribution in [3.05, 3.63) is 44.8 Å². The molecule has 0 aliphatic heterocycles. The zero-order valence-electron chi connectivity index (χ0n) is 10.4. The fraction of sp³-hybridized carbons (Fsp3) is 0.333. The predicted octanol–water partition coefficient (Wildman–Crippen LogP) is 1.17. The Kier molecular flexibility index (Phi) is 3.06. The Labute approximate surface area is 118 Å². The average Bonchev–Trinajstić information content (AvgIpc) is 3.16. The zero-order valence-corrected chi connectivity index (χ0v) is 11.1. The lowest BCUT2D eigenvalue weighted by atomic mass is 10.1. The lowest BCUT2D eigenvalue weighted by molar-refractivity contribution is 0.0695. The summed E-state index contributed by atoms with van der Waals surface area (Å²) in [6, 6.07) is 4.57. The normalized spacial score (nSPS) is 14.4. The Hall–Kier alpha value is -2.15. The van der Waals surface area contributed by atoms with E-state index in [1.165, 1.54) is 22.9 Å². The maximum atomic E-state index is 12.0. The van der Waals surface area contributed by atoms with Crippen molar-refractivity contribution in [3.63, 3.8) is 0 Å². The molecule has 7 nitrogen and oxygen atoms in total. The maximum absolute atomic E-state index is 12.0. The first kappa shape index (κ1) is 12.9. The van der Waals surface area contributed by atoms with Crippen molar-refractivity contribution in [3.8, 4) is 0 Å². The largest absolute Gasteiger partial charge is 0.478 e. The SMILES string of the molecule is O=C(O)c1ccc(Cl)cc1Cn1nnn(C2CC2)c1=O. The molecule has 1 fully saturated rings. The summed E-state index contributed by atoms with van der Waals surface area (Å²) in [5, 5.41) is 17.1. The third kappa shape index (κ3) is 2.32. The predicted molar refractivity (Wildman–Crippen MR) is 70.1 cm³/mol. The number of aromatic nitrogens is 4. The molecular formula is C12H11ClN4O3. The average molecular weight is 295 g/mol. The molecule has 8 heteroatoms. The minimum absolute atomic E-state index is 0.0355. The van der Waals surface area contributed by atoms with Gasteiger partial charge in [0.1, 0.15) is 0 Å². The fourth-order valence-corrected chi connectivity index (χ4v) is 2.19. The third-order valence-electron chi connectivity index (χ3n) is 3.17. The van der Waals surface area contributed by atoms with Crippen molar-refractivity contribution in [2.75, 3.05) is 0 Å². The molecule has 2 aromatic rings. The van der Waals surface area contributed by atoms with Gasteiger partial charge in [-0.1, -0.05) is 11.6 Å². The van der Waals surface area contributed by atoms with Crippen LogP contribution in [0.1, 0.15) is 34.8 Å². The number of rotatable bonds is 4. The van der Waals surface area contributed by atoms with Gasteiger partial charge in [-0.15, -0.1) is 0 Å². The summed E-state index contributed by atoms with van der Waals surface area (Å²) < 4.78 is 2.49. The van der Waals surface area contributed by atoms with Crippen molar-refractivity contribution in [2.24, 2.45) is 0 Å². The molecule has 0 spiro atoms. The number of carboxylic acids is 1. The standard InChI is InChI=1S/C12H11ClN4O3/c13-8-1-4-10(11(18)19)7(5-8)6-16-12(20)17(15-14-16)9-2-3-9/h1,4-5,9H,2-3,6H2,(H,18,19). The summed E-state index contributed by atoms with van der Waals surface area (Å²) in [6.45, 7) is 0.0355. The second-order valence-electron chi connectivity index (χ2n) is 4.70. The molecule has 1 saturated carbocycles.